The Hall–Kier alpha value is -1.75. The Labute approximate surface area is 128 Å². The quantitative estimate of drug-likeness (QED) is 0.589. The predicted octanol–water partition coefficient (Wildman–Crippen LogP) is 1.61. The van der Waals surface area contributed by atoms with E-state index < -0.39 is 0 Å². The molecule has 0 spiro atoms. The van der Waals surface area contributed by atoms with Gasteiger partial charge < -0.3 is 19.4 Å². The number of hydrogen-bond acceptors (Lipinski definition) is 3. The summed E-state index contributed by atoms with van der Waals surface area (Å²) in [6.45, 7) is 2.20. The topological polar surface area (TPSA) is 31.3 Å². The van der Waals surface area contributed by atoms with E-state index in [1.165, 1.54) is 0 Å². The van der Waals surface area contributed by atoms with Gasteiger partial charge in [-0.1, -0.05) is 18.2 Å². The number of para-hydroxylation sites is 1. The van der Waals surface area contributed by atoms with Crippen LogP contribution in [0.2, 0.25) is 0 Å². The van der Waals surface area contributed by atoms with Crippen molar-refractivity contribution >= 4 is 5.96 Å². The van der Waals surface area contributed by atoms with E-state index in [1.54, 1.807) is 0 Å². The van der Waals surface area contributed by atoms with Crippen LogP contribution in [0.3, 0.4) is 0 Å². The second-order valence-electron chi connectivity index (χ2n) is 5.66. The van der Waals surface area contributed by atoms with E-state index in [-0.39, 0.29) is 0 Å². The molecule has 0 bridgehead atoms. The maximum Gasteiger partial charge on any atom is 0.195 e. The molecule has 0 aliphatic heterocycles. The van der Waals surface area contributed by atoms with Crippen LogP contribution in [0.5, 0.6) is 5.75 Å². The van der Waals surface area contributed by atoms with Gasteiger partial charge in [0.05, 0.1) is 6.54 Å². The summed E-state index contributed by atoms with van der Waals surface area (Å²) in [6, 6.07) is 8.09. The number of benzene rings is 1. The number of ether oxygens (including phenoxy) is 1. The van der Waals surface area contributed by atoms with Gasteiger partial charge in [0.25, 0.3) is 0 Å². The van der Waals surface area contributed by atoms with Crippen LogP contribution in [-0.4, -0.2) is 76.1 Å². The summed E-state index contributed by atoms with van der Waals surface area (Å²) in [4.78, 5) is 10.8. The van der Waals surface area contributed by atoms with Crippen LogP contribution < -0.4 is 4.74 Å². The van der Waals surface area contributed by atoms with Gasteiger partial charge in [0, 0.05) is 40.3 Å². The van der Waals surface area contributed by atoms with Crippen molar-refractivity contribution in [2.45, 2.75) is 6.54 Å². The van der Waals surface area contributed by atoms with Gasteiger partial charge in [-0.3, -0.25) is 0 Å². The zero-order chi connectivity index (χ0) is 15.8. The van der Waals surface area contributed by atoms with Crippen molar-refractivity contribution in [1.29, 1.82) is 0 Å². The third kappa shape index (κ3) is 6.04. The molecule has 0 fully saturated rings. The Balaban J connectivity index is 2.76. The number of hydrogen-bond donors (Lipinski definition) is 0. The highest BCUT2D eigenvalue weighted by Gasteiger charge is 2.06. The van der Waals surface area contributed by atoms with Gasteiger partial charge >= 0.3 is 0 Å². The van der Waals surface area contributed by atoms with Crippen molar-refractivity contribution in [3.63, 3.8) is 0 Å². The molecule has 0 aliphatic rings. The van der Waals surface area contributed by atoms with Crippen LogP contribution in [0.25, 0.3) is 0 Å². The zero-order valence-electron chi connectivity index (χ0n) is 14.1. The van der Waals surface area contributed by atoms with E-state index >= 15 is 0 Å². The van der Waals surface area contributed by atoms with Gasteiger partial charge in [0.1, 0.15) is 12.4 Å². The van der Waals surface area contributed by atoms with Crippen LogP contribution in [0.4, 0.5) is 0 Å². The summed E-state index contributed by atoms with van der Waals surface area (Å²) in [5.41, 5.74) is 1.11. The van der Waals surface area contributed by atoms with Crippen molar-refractivity contribution in [2.24, 2.45) is 4.99 Å². The van der Waals surface area contributed by atoms with E-state index in [1.807, 2.05) is 70.3 Å². The van der Waals surface area contributed by atoms with Crippen LogP contribution in [0.1, 0.15) is 5.56 Å². The Morgan fingerprint density at radius 3 is 2.19 bits per heavy atom. The monoisotopic (exact) mass is 292 g/mol. The molecule has 0 heterocycles. The lowest BCUT2D eigenvalue weighted by molar-refractivity contribution is 0.259. The molecule has 0 aliphatic carbocycles. The molecular formula is C16H28N4O. The first kappa shape index (κ1) is 17.3. The largest absolute Gasteiger partial charge is 0.492 e. The van der Waals surface area contributed by atoms with Crippen molar-refractivity contribution in [3.05, 3.63) is 29.8 Å². The zero-order valence-corrected chi connectivity index (χ0v) is 14.1. The molecule has 0 saturated heterocycles. The second-order valence-corrected chi connectivity index (χ2v) is 5.66. The Bertz CT molecular complexity index is 445. The van der Waals surface area contributed by atoms with Crippen molar-refractivity contribution in [1.82, 2.24) is 14.7 Å². The summed E-state index contributed by atoms with van der Waals surface area (Å²) < 4.78 is 5.86. The molecular weight excluding hydrogens is 264 g/mol. The summed E-state index contributed by atoms with van der Waals surface area (Å²) in [5, 5.41) is 0. The van der Waals surface area contributed by atoms with Crippen molar-refractivity contribution < 1.29 is 4.74 Å². The van der Waals surface area contributed by atoms with E-state index in [9.17, 15) is 0 Å². The number of aliphatic imine (C=N–C) groups is 1. The molecule has 5 nitrogen and oxygen atoms in total. The molecule has 5 heteroatoms. The predicted molar refractivity (Wildman–Crippen MR) is 89.0 cm³/mol. The first-order chi connectivity index (χ1) is 9.91. The normalized spacial score (nSPS) is 10.4. The third-order valence-corrected chi connectivity index (χ3v) is 2.96. The molecule has 118 valence electrons. The van der Waals surface area contributed by atoms with Gasteiger partial charge in [-0.25, -0.2) is 4.99 Å². The highest BCUT2D eigenvalue weighted by atomic mass is 16.5. The van der Waals surface area contributed by atoms with Gasteiger partial charge in [-0.2, -0.15) is 0 Å². The molecule has 1 rings (SSSR count). The molecule has 0 unspecified atom stereocenters. The summed E-state index contributed by atoms with van der Waals surface area (Å²) in [6.07, 6.45) is 0. The Morgan fingerprint density at radius 1 is 1.00 bits per heavy atom. The SMILES string of the molecule is CN(C)CCOc1ccccc1CN=C(N(C)C)N(C)C. The van der Waals surface area contributed by atoms with E-state index in [0.717, 1.165) is 23.8 Å². The third-order valence-electron chi connectivity index (χ3n) is 2.96. The fourth-order valence-electron chi connectivity index (χ4n) is 1.95. The first-order valence-corrected chi connectivity index (χ1v) is 7.16. The average molecular weight is 292 g/mol. The fraction of sp³-hybridized carbons (Fsp3) is 0.562. The molecule has 0 N–H and O–H groups in total. The number of nitrogens with zero attached hydrogens (tertiary/aromatic N) is 4. The average Bonchev–Trinajstić information content (AvgIpc) is 2.39. The molecule has 1 aromatic carbocycles. The highest BCUT2D eigenvalue weighted by Crippen LogP contribution is 2.19. The van der Waals surface area contributed by atoms with Gasteiger partial charge in [-0.15, -0.1) is 0 Å². The lowest BCUT2D eigenvalue weighted by Crippen LogP contribution is -2.35. The molecule has 0 aromatic heterocycles. The maximum atomic E-state index is 5.86. The molecule has 0 amide bonds. The molecule has 0 atom stereocenters. The Morgan fingerprint density at radius 2 is 1.62 bits per heavy atom. The number of likely N-dealkylation sites (N-methyl/N-ethyl adjacent to an activating group) is 1. The summed E-state index contributed by atoms with van der Waals surface area (Å²) >= 11 is 0. The lowest BCUT2D eigenvalue weighted by atomic mass is 10.2. The molecule has 0 radical (unpaired) electrons. The molecule has 1 aromatic rings. The van der Waals surface area contributed by atoms with Crippen LogP contribution >= 0.6 is 0 Å². The Kier molecular flexibility index (Phi) is 7.02. The van der Waals surface area contributed by atoms with E-state index in [4.69, 9.17) is 4.74 Å². The maximum absolute atomic E-state index is 5.86. The van der Waals surface area contributed by atoms with Gasteiger partial charge in [0.15, 0.2) is 5.96 Å². The van der Waals surface area contributed by atoms with E-state index in [2.05, 4.69) is 16.0 Å². The number of guanidine groups is 1. The minimum atomic E-state index is 0.615. The standard InChI is InChI=1S/C16H28N4O/c1-18(2)11-12-21-15-10-8-7-9-14(15)13-17-16(19(3)4)20(5)6/h7-10H,11-13H2,1-6H3. The van der Waals surface area contributed by atoms with Crippen molar-refractivity contribution in [2.75, 3.05) is 55.4 Å². The second kappa shape index (κ2) is 8.52. The van der Waals surface area contributed by atoms with Crippen LogP contribution in [0.15, 0.2) is 29.3 Å². The summed E-state index contributed by atoms with van der Waals surface area (Å²) in [5.74, 6) is 1.86. The molecule has 0 saturated carbocycles. The number of rotatable bonds is 6. The van der Waals surface area contributed by atoms with Crippen molar-refractivity contribution in [3.8, 4) is 5.75 Å². The van der Waals surface area contributed by atoms with Crippen LogP contribution in [-0.2, 0) is 6.54 Å². The van der Waals surface area contributed by atoms with E-state index in [0.29, 0.717) is 13.2 Å². The lowest BCUT2D eigenvalue weighted by Gasteiger charge is -2.22. The summed E-state index contributed by atoms with van der Waals surface area (Å²) in [7, 11) is 12.1. The fourth-order valence-corrected chi connectivity index (χ4v) is 1.95. The minimum absolute atomic E-state index is 0.615. The highest BCUT2D eigenvalue weighted by molar-refractivity contribution is 5.79. The van der Waals surface area contributed by atoms with Crippen LogP contribution in [0, 0.1) is 0 Å². The van der Waals surface area contributed by atoms with Gasteiger partial charge in [-0.05, 0) is 20.2 Å². The molecule has 21 heavy (non-hydrogen) atoms. The van der Waals surface area contributed by atoms with Gasteiger partial charge in [0.2, 0.25) is 0 Å². The smallest absolute Gasteiger partial charge is 0.195 e. The first-order valence-electron chi connectivity index (χ1n) is 7.16. The minimum Gasteiger partial charge on any atom is -0.492 e.